The number of ether oxygens (including phenoxy) is 2. The summed E-state index contributed by atoms with van der Waals surface area (Å²) in [6, 6.07) is 5.13. The Kier molecular flexibility index (Phi) is 5.53. The molecule has 134 valence electrons. The van der Waals surface area contributed by atoms with E-state index in [0.29, 0.717) is 30.0 Å². The number of benzene rings is 1. The summed E-state index contributed by atoms with van der Waals surface area (Å²) >= 11 is 0. The van der Waals surface area contributed by atoms with Crippen LogP contribution in [0.3, 0.4) is 0 Å². The molecule has 0 fully saturated rings. The molecule has 1 aliphatic heterocycles. The summed E-state index contributed by atoms with van der Waals surface area (Å²) in [7, 11) is 3.12. The van der Waals surface area contributed by atoms with E-state index in [-0.39, 0.29) is 5.91 Å². The zero-order valence-electron chi connectivity index (χ0n) is 14.7. The summed E-state index contributed by atoms with van der Waals surface area (Å²) in [5, 5.41) is 11.5. The van der Waals surface area contributed by atoms with Crippen molar-refractivity contribution in [3.8, 4) is 11.5 Å². The minimum absolute atomic E-state index is 0.142. The quantitative estimate of drug-likeness (QED) is 0.867. The fourth-order valence-electron chi connectivity index (χ4n) is 3.10. The van der Waals surface area contributed by atoms with Gasteiger partial charge in [0.25, 0.3) is 5.91 Å². The first-order valence-electron chi connectivity index (χ1n) is 8.64. The van der Waals surface area contributed by atoms with Crippen LogP contribution in [0.4, 0.5) is 0 Å². The number of methoxy groups -OCH3 is 2. The second kappa shape index (κ2) is 8.00. The Morgan fingerprint density at radius 1 is 1.16 bits per heavy atom. The first-order valence-corrected chi connectivity index (χ1v) is 8.64. The van der Waals surface area contributed by atoms with Gasteiger partial charge in [0.1, 0.15) is 11.6 Å². The van der Waals surface area contributed by atoms with Crippen LogP contribution >= 0.6 is 0 Å². The second-order valence-corrected chi connectivity index (χ2v) is 6.07. The molecule has 0 saturated carbocycles. The molecule has 1 amide bonds. The van der Waals surface area contributed by atoms with E-state index < -0.39 is 0 Å². The summed E-state index contributed by atoms with van der Waals surface area (Å²) in [5.74, 6) is 3.02. The Morgan fingerprint density at radius 2 is 2.00 bits per heavy atom. The van der Waals surface area contributed by atoms with Crippen molar-refractivity contribution in [3.05, 3.63) is 35.4 Å². The largest absolute Gasteiger partial charge is 0.493 e. The van der Waals surface area contributed by atoms with Crippen molar-refractivity contribution in [2.45, 2.75) is 38.6 Å². The van der Waals surface area contributed by atoms with Crippen molar-refractivity contribution < 1.29 is 14.3 Å². The highest BCUT2D eigenvalue weighted by Crippen LogP contribution is 2.27. The van der Waals surface area contributed by atoms with Crippen molar-refractivity contribution >= 4 is 5.91 Å². The maximum atomic E-state index is 12.3. The van der Waals surface area contributed by atoms with Gasteiger partial charge in [-0.2, -0.15) is 0 Å². The predicted molar refractivity (Wildman–Crippen MR) is 93.2 cm³/mol. The highest BCUT2D eigenvalue weighted by molar-refractivity contribution is 5.94. The third-order valence-electron chi connectivity index (χ3n) is 4.47. The lowest BCUT2D eigenvalue weighted by Gasteiger charge is -2.10. The van der Waals surface area contributed by atoms with E-state index >= 15 is 0 Å². The molecule has 0 bridgehead atoms. The molecule has 2 aromatic rings. The second-order valence-electron chi connectivity index (χ2n) is 6.07. The predicted octanol–water partition coefficient (Wildman–Crippen LogP) is 1.99. The number of rotatable bonds is 6. The zero-order chi connectivity index (χ0) is 17.6. The molecular formula is C18H24N4O3. The molecule has 1 aliphatic rings. The van der Waals surface area contributed by atoms with Gasteiger partial charge in [-0.05, 0) is 31.0 Å². The van der Waals surface area contributed by atoms with Gasteiger partial charge in [-0.3, -0.25) is 4.79 Å². The molecule has 25 heavy (non-hydrogen) atoms. The molecule has 0 spiro atoms. The summed E-state index contributed by atoms with van der Waals surface area (Å²) in [4.78, 5) is 12.3. The number of aromatic nitrogens is 3. The van der Waals surface area contributed by atoms with Gasteiger partial charge in [-0.15, -0.1) is 10.2 Å². The van der Waals surface area contributed by atoms with Crippen LogP contribution in [0.25, 0.3) is 0 Å². The summed E-state index contributed by atoms with van der Waals surface area (Å²) in [5.41, 5.74) is 0.540. The third kappa shape index (κ3) is 3.92. The molecule has 1 aromatic heterocycles. The van der Waals surface area contributed by atoms with E-state index in [2.05, 4.69) is 20.1 Å². The summed E-state index contributed by atoms with van der Waals surface area (Å²) < 4.78 is 12.6. The monoisotopic (exact) mass is 344 g/mol. The number of carbonyl (C=O) groups excluding carboxylic acids is 1. The smallest absolute Gasteiger partial charge is 0.251 e. The van der Waals surface area contributed by atoms with Crippen LogP contribution in [-0.2, 0) is 19.4 Å². The molecule has 2 heterocycles. The van der Waals surface area contributed by atoms with Crippen molar-refractivity contribution in [2.75, 3.05) is 20.8 Å². The molecule has 1 aromatic carbocycles. The van der Waals surface area contributed by atoms with Crippen LogP contribution in [0.5, 0.6) is 11.5 Å². The van der Waals surface area contributed by atoms with Gasteiger partial charge < -0.3 is 19.4 Å². The van der Waals surface area contributed by atoms with Crippen LogP contribution in [0.2, 0.25) is 0 Å². The Bertz CT molecular complexity index is 742. The Labute approximate surface area is 147 Å². The molecule has 7 heteroatoms. The maximum Gasteiger partial charge on any atom is 0.251 e. The topological polar surface area (TPSA) is 78.3 Å². The van der Waals surface area contributed by atoms with Crippen molar-refractivity contribution in [1.29, 1.82) is 0 Å². The minimum atomic E-state index is -0.142. The fourth-order valence-corrected chi connectivity index (χ4v) is 3.10. The number of nitrogens with one attached hydrogen (secondary N) is 1. The molecule has 0 saturated heterocycles. The van der Waals surface area contributed by atoms with E-state index in [1.807, 2.05) is 0 Å². The Hall–Kier alpha value is -2.57. The first-order chi connectivity index (χ1) is 12.2. The number of hydrogen-bond acceptors (Lipinski definition) is 5. The van der Waals surface area contributed by atoms with E-state index in [0.717, 1.165) is 31.0 Å². The van der Waals surface area contributed by atoms with Crippen LogP contribution in [0.1, 0.15) is 41.3 Å². The highest BCUT2D eigenvalue weighted by atomic mass is 16.5. The Morgan fingerprint density at radius 3 is 2.80 bits per heavy atom. The van der Waals surface area contributed by atoms with Crippen LogP contribution in [0, 0.1) is 0 Å². The van der Waals surface area contributed by atoms with Gasteiger partial charge in [0.05, 0.1) is 14.2 Å². The van der Waals surface area contributed by atoms with Gasteiger partial charge >= 0.3 is 0 Å². The number of hydrogen-bond donors (Lipinski definition) is 1. The lowest BCUT2D eigenvalue weighted by atomic mass is 10.2. The van der Waals surface area contributed by atoms with Crippen molar-refractivity contribution in [3.63, 3.8) is 0 Å². The average Bonchev–Trinajstić information content (AvgIpc) is 2.87. The lowest BCUT2D eigenvalue weighted by molar-refractivity contribution is 0.0953. The van der Waals surface area contributed by atoms with Crippen molar-refractivity contribution in [1.82, 2.24) is 20.1 Å². The maximum absolute atomic E-state index is 12.3. The molecule has 7 nitrogen and oxygen atoms in total. The van der Waals surface area contributed by atoms with E-state index in [9.17, 15) is 4.79 Å². The third-order valence-corrected chi connectivity index (χ3v) is 4.47. The molecule has 1 N–H and O–H groups in total. The molecule has 0 atom stereocenters. The lowest BCUT2D eigenvalue weighted by Crippen LogP contribution is -2.26. The van der Waals surface area contributed by atoms with E-state index in [1.54, 1.807) is 32.4 Å². The number of carbonyl (C=O) groups is 1. The SMILES string of the molecule is COc1ccc(C(=O)NCCc2nnc3n2CCCCC3)cc1OC. The van der Waals surface area contributed by atoms with Crippen LogP contribution in [0.15, 0.2) is 18.2 Å². The van der Waals surface area contributed by atoms with Crippen molar-refractivity contribution in [2.24, 2.45) is 0 Å². The van der Waals surface area contributed by atoms with Gasteiger partial charge in [-0.25, -0.2) is 0 Å². The standard InChI is InChI=1S/C18H24N4O3/c1-24-14-8-7-13(12-15(14)25-2)18(23)19-10-9-17-21-20-16-6-4-3-5-11-22(16)17/h7-8,12H,3-6,9-11H2,1-2H3,(H,19,23). The van der Waals surface area contributed by atoms with Crippen LogP contribution in [-0.4, -0.2) is 41.4 Å². The highest BCUT2D eigenvalue weighted by Gasteiger charge is 2.15. The van der Waals surface area contributed by atoms with Gasteiger partial charge in [0.2, 0.25) is 0 Å². The molecule has 0 aliphatic carbocycles. The zero-order valence-corrected chi connectivity index (χ0v) is 14.7. The summed E-state index contributed by atoms with van der Waals surface area (Å²) in [6.07, 6.45) is 5.24. The summed E-state index contributed by atoms with van der Waals surface area (Å²) in [6.45, 7) is 1.49. The number of fused-ring (bicyclic) bond motifs is 1. The average molecular weight is 344 g/mol. The molecule has 0 unspecified atom stereocenters. The number of aryl methyl sites for hydroxylation is 1. The van der Waals surface area contributed by atoms with Gasteiger partial charge in [-0.1, -0.05) is 6.42 Å². The first kappa shape index (κ1) is 17.3. The minimum Gasteiger partial charge on any atom is -0.493 e. The van der Waals surface area contributed by atoms with Gasteiger partial charge in [0.15, 0.2) is 11.5 Å². The number of nitrogens with zero attached hydrogens (tertiary/aromatic N) is 3. The normalized spacial score (nSPS) is 13.7. The van der Waals surface area contributed by atoms with Crippen LogP contribution < -0.4 is 14.8 Å². The molecule has 0 radical (unpaired) electrons. The Balaban J connectivity index is 1.59. The van der Waals surface area contributed by atoms with E-state index in [4.69, 9.17) is 9.47 Å². The number of amides is 1. The molecular weight excluding hydrogens is 320 g/mol. The molecule has 3 rings (SSSR count). The fraction of sp³-hybridized carbons (Fsp3) is 0.500. The van der Waals surface area contributed by atoms with Gasteiger partial charge in [0, 0.05) is 31.5 Å². The van der Waals surface area contributed by atoms with E-state index in [1.165, 1.54) is 12.8 Å².